The number of likely N-dealkylation sites (N-methyl/N-ethyl adjacent to an activating group) is 1. The number of nitrogens with zero attached hydrogens (tertiary/aromatic N) is 5. The lowest BCUT2D eigenvalue weighted by Crippen LogP contribution is -2.52. The second-order valence-electron chi connectivity index (χ2n) is 7.38. The van der Waals surface area contributed by atoms with Crippen molar-refractivity contribution in [3.8, 4) is 6.07 Å². The second-order valence-corrected chi connectivity index (χ2v) is 9.32. The summed E-state index contributed by atoms with van der Waals surface area (Å²) in [4.78, 5) is 14.0. The summed E-state index contributed by atoms with van der Waals surface area (Å²) in [7, 11) is -1.73. The van der Waals surface area contributed by atoms with Crippen molar-refractivity contribution in [3.63, 3.8) is 0 Å². The van der Waals surface area contributed by atoms with E-state index in [0.29, 0.717) is 24.6 Å². The number of nitrogens with one attached hydrogen (secondary N) is 1. The molecule has 1 fully saturated rings. The molecule has 150 valence electrons. The van der Waals surface area contributed by atoms with Gasteiger partial charge < -0.3 is 9.88 Å². The first kappa shape index (κ1) is 19.4. The van der Waals surface area contributed by atoms with Crippen molar-refractivity contribution >= 4 is 26.9 Å². The van der Waals surface area contributed by atoms with E-state index in [4.69, 9.17) is 5.26 Å². The van der Waals surface area contributed by atoms with Gasteiger partial charge in [0.05, 0.1) is 21.9 Å². The number of aromatic nitrogens is 3. The van der Waals surface area contributed by atoms with Crippen molar-refractivity contribution in [2.75, 3.05) is 25.0 Å². The summed E-state index contributed by atoms with van der Waals surface area (Å²) in [6.45, 7) is 2.94. The maximum absolute atomic E-state index is 13.2. The number of benzene rings is 1. The molecule has 1 aliphatic heterocycles. The Kier molecular flexibility index (Phi) is 4.98. The number of rotatable bonds is 4. The Morgan fingerprint density at radius 2 is 2.14 bits per heavy atom. The minimum absolute atomic E-state index is 0.0364. The number of hydrogen-bond donors (Lipinski definition) is 1. The lowest BCUT2D eigenvalue weighted by Gasteiger charge is -2.41. The minimum Gasteiger partial charge on any atom is -0.354 e. The fourth-order valence-corrected chi connectivity index (χ4v) is 5.43. The van der Waals surface area contributed by atoms with Crippen LogP contribution in [0.15, 0.2) is 47.8 Å². The highest BCUT2D eigenvalue weighted by Gasteiger charge is 2.36. The van der Waals surface area contributed by atoms with Gasteiger partial charge in [-0.15, -0.1) is 0 Å². The summed E-state index contributed by atoms with van der Waals surface area (Å²) in [6.07, 6.45) is 4.08. The SMILES string of the molecule is C[C@@H]1CCN(S(=O)(=O)c2cccc(C#N)c2)C[C@@H]1N(C)c1ncnc2[nH]ccc12. The predicted molar refractivity (Wildman–Crippen MR) is 110 cm³/mol. The first-order valence-electron chi connectivity index (χ1n) is 9.43. The van der Waals surface area contributed by atoms with Gasteiger partial charge in [-0.3, -0.25) is 0 Å². The Labute approximate surface area is 169 Å². The van der Waals surface area contributed by atoms with E-state index in [2.05, 4.69) is 26.8 Å². The number of sulfonamides is 1. The van der Waals surface area contributed by atoms with E-state index in [9.17, 15) is 8.42 Å². The molecule has 1 aliphatic rings. The zero-order chi connectivity index (χ0) is 20.6. The summed E-state index contributed by atoms with van der Waals surface area (Å²) in [5.41, 5.74) is 1.09. The predicted octanol–water partition coefficient (Wildman–Crippen LogP) is 2.37. The number of fused-ring (bicyclic) bond motifs is 1. The monoisotopic (exact) mass is 410 g/mol. The van der Waals surface area contributed by atoms with Gasteiger partial charge in [-0.25, -0.2) is 18.4 Å². The van der Waals surface area contributed by atoms with E-state index < -0.39 is 10.0 Å². The van der Waals surface area contributed by atoms with Crippen LogP contribution in [0.2, 0.25) is 0 Å². The summed E-state index contributed by atoms with van der Waals surface area (Å²) < 4.78 is 27.9. The Balaban J connectivity index is 1.64. The van der Waals surface area contributed by atoms with Gasteiger partial charge in [-0.1, -0.05) is 13.0 Å². The van der Waals surface area contributed by atoms with Gasteiger partial charge in [0.1, 0.15) is 17.8 Å². The molecule has 0 saturated carbocycles. The number of hydrogen-bond acceptors (Lipinski definition) is 6. The Morgan fingerprint density at radius 3 is 2.93 bits per heavy atom. The van der Waals surface area contributed by atoms with Gasteiger partial charge in [0, 0.05) is 32.4 Å². The highest BCUT2D eigenvalue weighted by Crippen LogP contribution is 2.30. The second kappa shape index (κ2) is 7.46. The van der Waals surface area contributed by atoms with Crippen LogP contribution in [0.25, 0.3) is 11.0 Å². The molecule has 9 heteroatoms. The topological polar surface area (TPSA) is 106 Å². The van der Waals surface area contributed by atoms with E-state index in [-0.39, 0.29) is 10.9 Å². The van der Waals surface area contributed by atoms with Crippen LogP contribution in [0.4, 0.5) is 5.82 Å². The van der Waals surface area contributed by atoms with E-state index >= 15 is 0 Å². The van der Waals surface area contributed by atoms with Crippen LogP contribution in [0.5, 0.6) is 0 Å². The van der Waals surface area contributed by atoms with Crippen molar-refractivity contribution in [2.24, 2.45) is 5.92 Å². The smallest absolute Gasteiger partial charge is 0.243 e. The normalized spacial score (nSPS) is 20.4. The zero-order valence-electron chi connectivity index (χ0n) is 16.3. The van der Waals surface area contributed by atoms with Crippen LogP contribution in [-0.4, -0.2) is 53.9 Å². The maximum Gasteiger partial charge on any atom is 0.243 e. The molecular formula is C20H22N6O2S. The molecule has 0 spiro atoms. The zero-order valence-corrected chi connectivity index (χ0v) is 17.1. The highest BCUT2D eigenvalue weighted by molar-refractivity contribution is 7.89. The van der Waals surface area contributed by atoms with Crippen LogP contribution < -0.4 is 4.90 Å². The maximum atomic E-state index is 13.2. The quantitative estimate of drug-likeness (QED) is 0.708. The highest BCUT2D eigenvalue weighted by atomic mass is 32.2. The molecule has 4 rings (SSSR count). The van der Waals surface area contributed by atoms with E-state index in [0.717, 1.165) is 23.3 Å². The van der Waals surface area contributed by atoms with Crippen molar-refractivity contribution < 1.29 is 8.42 Å². The average molecular weight is 411 g/mol. The molecule has 0 radical (unpaired) electrons. The van der Waals surface area contributed by atoms with Crippen molar-refractivity contribution in [2.45, 2.75) is 24.3 Å². The third-order valence-corrected chi connectivity index (χ3v) is 7.51. The van der Waals surface area contributed by atoms with Crippen LogP contribution in [0.3, 0.4) is 0 Å². The summed E-state index contributed by atoms with van der Waals surface area (Å²) >= 11 is 0. The van der Waals surface area contributed by atoms with Gasteiger partial charge in [0.25, 0.3) is 0 Å². The Hall–Kier alpha value is -2.96. The molecule has 0 amide bonds. The first-order valence-corrected chi connectivity index (χ1v) is 10.9. The first-order chi connectivity index (χ1) is 13.9. The van der Waals surface area contributed by atoms with Gasteiger partial charge in [-0.05, 0) is 36.6 Å². The van der Waals surface area contributed by atoms with E-state index in [1.54, 1.807) is 18.2 Å². The molecule has 0 unspecified atom stereocenters. The lowest BCUT2D eigenvalue weighted by molar-refractivity contribution is 0.247. The minimum atomic E-state index is -3.68. The number of H-pyrrole nitrogens is 1. The molecule has 2 aromatic heterocycles. The van der Waals surface area contributed by atoms with Crippen LogP contribution >= 0.6 is 0 Å². The fraction of sp³-hybridized carbons (Fsp3) is 0.350. The standard InChI is InChI=1S/C20H22N6O2S/c1-14-7-9-26(29(27,28)16-5-3-4-15(10-16)11-21)12-18(14)25(2)20-17-6-8-22-19(17)23-13-24-20/h3-6,8,10,13-14,18H,7,9,12H2,1-2H3,(H,22,23,24)/t14-,18+/m1/s1. The van der Waals surface area contributed by atoms with Gasteiger partial charge >= 0.3 is 0 Å². The van der Waals surface area contributed by atoms with Crippen LogP contribution in [0.1, 0.15) is 18.9 Å². The molecule has 29 heavy (non-hydrogen) atoms. The molecule has 8 nitrogen and oxygen atoms in total. The van der Waals surface area contributed by atoms with Gasteiger partial charge in [0.2, 0.25) is 10.0 Å². The molecule has 1 N–H and O–H groups in total. The molecule has 3 aromatic rings. The molecule has 3 heterocycles. The number of piperidine rings is 1. The largest absolute Gasteiger partial charge is 0.354 e. The van der Waals surface area contributed by atoms with Crippen molar-refractivity contribution in [1.82, 2.24) is 19.3 Å². The number of aromatic amines is 1. The Morgan fingerprint density at radius 1 is 1.31 bits per heavy atom. The lowest BCUT2D eigenvalue weighted by atomic mass is 9.93. The summed E-state index contributed by atoms with van der Waals surface area (Å²) in [6, 6.07) is 10.1. The van der Waals surface area contributed by atoms with Crippen molar-refractivity contribution in [1.29, 1.82) is 5.26 Å². The van der Waals surface area contributed by atoms with Crippen molar-refractivity contribution in [3.05, 3.63) is 48.4 Å². The van der Waals surface area contributed by atoms with E-state index in [1.807, 2.05) is 25.4 Å². The molecular weight excluding hydrogens is 388 g/mol. The summed E-state index contributed by atoms with van der Waals surface area (Å²) in [5, 5.41) is 10.0. The third kappa shape index (κ3) is 3.45. The van der Waals surface area contributed by atoms with Gasteiger partial charge in [-0.2, -0.15) is 9.57 Å². The van der Waals surface area contributed by atoms with Gasteiger partial charge in [0.15, 0.2) is 0 Å². The Bertz CT molecular complexity index is 1180. The number of nitriles is 1. The fourth-order valence-electron chi connectivity index (χ4n) is 3.91. The molecule has 2 atom stereocenters. The summed E-state index contributed by atoms with van der Waals surface area (Å²) in [5.74, 6) is 1.07. The molecule has 0 aliphatic carbocycles. The van der Waals surface area contributed by atoms with Crippen LogP contribution in [0, 0.1) is 17.2 Å². The molecule has 1 saturated heterocycles. The van der Waals surface area contributed by atoms with E-state index in [1.165, 1.54) is 16.7 Å². The number of anilines is 1. The molecule has 1 aromatic carbocycles. The van der Waals surface area contributed by atoms with Crippen LogP contribution in [-0.2, 0) is 10.0 Å². The molecule has 0 bridgehead atoms. The third-order valence-electron chi connectivity index (χ3n) is 5.65. The average Bonchev–Trinajstić information content (AvgIpc) is 3.22.